The van der Waals surface area contributed by atoms with Gasteiger partial charge >= 0.3 is 148 Å². The molecule has 0 amide bonds. The molecule has 4 nitrogen and oxygen atoms in total. The van der Waals surface area contributed by atoms with Gasteiger partial charge in [0.15, 0.2) is 0 Å². The van der Waals surface area contributed by atoms with Crippen LogP contribution in [-0.2, 0) is 34.0 Å². The van der Waals surface area contributed by atoms with E-state index in [2.05, 4.69) is 0 Å². The maximum absolute atomic E-state index is 12.1. The Hall–Kier alpha value is -1.68. The van der Waals surface area contributed by atoms with E-state index >= 15 is 0 Å². The summed E-state index contributed by atoms with van der Waals surface area (Å²) < 4.78 is 12.3. The molecule has 2 aromatic carbocycles. The van der Waals surface area contributed by atoms with Crippen LogP contribution in [0.15, 0.2) is 48.5 Å². The number of carbonyl (C=O) groups excluding carboxylic acids is 2. The third-order valence-electron chi connectivity index (χ3n) is 3.41. The molecule has 0 heterocycles. The fourth-order valence-corrected chi connectivity index (χ4v) is 9.46. The van der Waals surface area contributed by atoms with Crippen LogP contribution in [0.2, 0.25) is 0 Å². The van der Waals surface area contributed by atoms with Crippen LogP contribution in [0.5, 0.6) is 0 Å². The van der Waals surface area contributed by atoms with Crippen molar-refractivity contribution in [2.45, 2.75) is 13.8 Å². The fourth-order valence-electron chi connectivity index (χ4n) is 2.37. The van der Waals surface area contributed by atoms with Crippen molar-refractivity contribution < 1.29 is 43.6 Å². The summed E-state index contributed by atoms with van der Waals surface area (Å²) >= 11 is -1.90. The molecule has 0 saturated heterocycles. The van der Waals surface area contributed by atoms with Gasteiger partial charge < -0.3 is 0 Å². The van der Waals surface area contributed by atoms with E-state index in [0.29, 0.717) is 24.3 Å². The predicted molar refractivity (Wildman–Crippen MR) is 84.1 cm³/mol. The number of hydrogen-bond acceptors (Lipinski definition) is 4. The van der Waals surface area contributed by atoms with Crippen molar-refractivity contribution in [2.24, 2.45) is 0 Å². The summed E-state index contributed by atoms with van der Waals surface area (Å²) in [5.74, 6) is -0.589. The van der Waals surface area contributed by atoms with E-state index in [9.17, 15) is 9.59 Å². The second-order valence-electron chi connectivity index (χ2n) is 4.93. The van der Waals surface area contributed by atoms with Gasteiger partial charge in [-0.1, -0.05) is 0 Å². The minimum atomic E-state index is -1.90. The first-order valence-electron chi connectivity index (χ1n) is 7.67. The molecule has 23 heavy (non-hydrogen) atoms. The van der Waals surface area contributed by atoms with Crippen molar-refractivity contribution in [3.63, 3.8) is 0 Å². The Bertz CT molecular complexity index is 637. The summed E-state index contributed by atoms with van der Waals surface area (Å²) in [6.45, 7) is 4.29. The van der Waals surface area contributed by atoms with Crippen LogP contribution in [-0.4, -0.2) is 25.2 Å². The summed E-state index contributed by atoms with van der Waals surface area (Å²) in [4.78, 5) is 24.2. The van der Waals surface area contributed by atoms with Crippen LogP contribution in [0.4, 0.5) is 0 Å². The molecule has 0 N–H and O–H groups in total. The van der Waals surface area contributed by atoms with E-state index in [1.807, 2.05) is 36.4 Å². The Morgan fingerprint density at radius 1 is 0.783 bits per heavy atom. The van der Waals surface area contributed by atoms with Crippen molar-refractivity contribution in [1.82, 2.24) is 0 Å². The molecule has 0 aliphatic rings. The zero-order chi connectivity index (χ0) is 16.7. The molecule has 0 spiro atoms. The van der Waals surface area contributed by atoms with Crippen molar-refractivity contribution in [3.8, 4) is 0 Å². The molecule has 5 heteroatoms. The van der Waals surface area contributed by atoms with Crippen molar-refractivity contribution in [2.75, 3.05) is 13.2 Å². The molecule has 0 aromatic heterocycles. The second-order valence-corrected chi connectivity index (χ2v) is 12.2. The topological polar surface area (TPSA) is 52.6 Å². The molecule has 0 bridgehead atoms. The molecule has 0 radical (unpaired) electrons. The van der Waals surface area contributed by atoms with Crippen LogP contribution in [0.3, 0.4) is 0 Å². The van der Waals surface area contributed by atoms with Crippen LogP contribution in [0.25, 0.3) is 0 Å². The van der Waals surface area contributed by atoms with Gasteiger partial charge in [0.1, 0.15) is 0 Å². The van der Waals surface area contributed by atoms with Gasteiger partial charge in [-0.25, -0.2) is 0 Å². The van der Waals surface area contributed by atoms with Crippen molar-refractivity contribution in [3.05, 3.63) is 59.7 Å². The number of benzene rings is 2. The van der Waals surface area contributed by atoms with E-state index in [1.165, 1.54) is 0 Å². The van der Waals surface area contributed by atoms with E-state index in [1.54, 1.807) is 26.0 Å². The number of esters is 2. The van der Waals surface area contributed by atoms with Gasteiger partial charge in [0.25, 0.3) is 0 Å². The number of carbonyl (C=O) groups is 2. The van der Waals surface area contributed by atoms with E-state index < -0.39 is 24.6 Å². The molecule has 0 atom stereocenters. The number of hydrogen-bond donors (Lipinski definition) is 0. The maximum atomic E-state index is 12.1. The van der Waals surface area contributed by atoms with Gasteiger partial charge in [-0.3, -0.25) is 0 Å². The first kappa shape index (κ1) is 17.7. The quantitative estimate of drug-likeness (QED) is 0.452. The molecule has 0 aliphatic carbocycles. The van der Waals surface area contributed by atoms with Gasteiger partial charge in [0.2, 0.25) is 0 Å². The third-order valence-corrected chi connectivity index (χ3v) is 11.2. The standard InChI is InChI=1S/2C9H9O2.Hg/c2*1-2-11-9(10)8-6-4-3-5-7-8;/h2*3-6H,2H2,1H3;. The Morgan fingerprint density at radius 2 is 1.17 bits per heavy atom. The molecule has 2 aromatic rings. The monoisotopic (exact) mass is 500 g/mol. The normalized spacial score (nSPS) is 9.83. The molecule has 0 unspecified atom stereocenters. The third kappa shape index (κ3) is 4.64. The van der Waals surface area contributed by atoms with Gasteiger partial charge in [-0.2, -0.15) is 0 Å². The molecule has 0 aliphatic heterocycles. The van der Waals surface area contributed by atoms with Crippen LogP contribution in [0, 0.1) is 0 Å². The molecule has 116 valence electrons. The molecule has 0 fully saturated rings. The van der Waals surface area contributed by atoms with Gasteiger partial charge in [0, 0.05) is 0 Å². The summed E-state index contributed by atoms with van der Waals surface area (Å²) in [6, 6.07) is 15.0. The first-order chi connectivity index (χ1) is 11.2. The zero-order valence-corrected chi connectivity index (χ0v) is 18.9. The zero-order valence-electron chi connectivity index (χ0n) is 13.4. The van der Waals surface area contributed by atoms with Gasteiger partial charge in [-0.15, -0.1) is 0 Å². The summed E-state index contributed by atoms with van der Waals surface area (Å²) in [7, 11) is 0. The SMILES string of the molecule is CCOC(=O)c1cccc[c]1[Hg][c]1ccccc1C(=O)OCC. The summed E-state index contributed by atoms with van der Waals surface area (Å²) in [6.07, 6.45) is 0. The van der Waals surface area contributed by atoms with E-state index in [4.69, 9.17) is 9.47 Å². The molecular formula is C18H18HgO4. The molecule has 2 rings (SSSR count). The Labute approximate surface area is 148 Å². The number of rotatable bonds is 6. The first-order valence-corrected chi connectivity index (χ1v) is 13.2. The van der Waals surface area contributed by atoms with Crippen LogP contribution >= 0.6 is 0 Å². The van der Waals surface area contributed by atoms with Crippen LogP contribution < -0.4 is 6.14 Å². The Kier molecular flexibility index (Phi) is 6.77. The predicted octanol–water partition coefficient (Wildman–Crippen LogP) is 2.07. The number of ether oxygens (including phenoxy) is 2. The van der Waals surface area contributed by atoms with Crippen molar-refractivity contribution >= 4 is 18.1 Å². The Morgan fingerprint density at radius 3 is 1.57 bits per heavy atom. The minimum absolute atomic E-state index is 0.295. The van der Waals surface area contributed by atoms with Crippen molar-refractivity contribution in [1.29, 1.82) is 0 Å². The summed E-state index contributed by atoms with van der Waals surface area (Å²) in [5, 5.41) is 0. The molecular weight excluding hydrogens is 481 g/mol. The molecule has 0 saturated carbocycles. The summed E-state index contributed by atoms with van der Waals surface area (Å²) in [5.41, 5.74) is 1.24. The van der Waals surface area contributed by atoms with Crippen LogP contribution in [0.1, 0.15) is 34.6 Å². The van der Waals surface area contributed by atoms with Gasteiger partial charge in [-0.05, 0) is 0 Å². The second kappa shape index (κ2) is 8.82. The average Bonchev–Trinajstić information content (AvgIpc) is 2.56. The van der Waals surface area contributed by atoms with Gasteiger partial charge in [0.05, 0.1) is 0 Å². The average molecular weight is 499 g/mol. The Balaban J connectivity index is 2.33. The fraction of sp³-hybridized carbons (Fsp3) is 0.222. The van der Waals surface area contributed by atoms with E-state index in [-0.39, 0.29) is 11.9 Å². The van der Waals surface area contributed by atoms with E-state index in [0.717, 1.165) is 6.14 Å².